The highest BCUT2D eigenvalue weighted by Crippen LogP contribution is 2.20. The molecule has 12 nitrogen and oxygen atoms in total. The highest BCUT2D eigenvalue weighted by molar-refractivity contribution is 5.99. The summed E-state index contributed by atoms with van der Waals surface area (Å²) in [7, 11) is 0. The van der Waals surface area contributed by atoms with E-state index in [2.05, 4.69) is 35.6 Å². The largest absolute Gasteiger partial charge is 0.550 e. The number of imidazole rings is 1. The quantitative estimate of drug-likeness (QED) is 0.290. The Balaban J connectivity index is 0.000000751. The Hall–Kier alpha value is -4.87. The molecule has 12 heteroatoms. The monoisotopic (exact) mass is 463 g/mol. The fraction of sp³-hybridized carbons (Fsp3) is 0.136. The van der Waals surface area contributed by atoms with Gasteiger partial charge in [-0.3, -0.25) is 15.1 Å². The van der Waals surface area contributed by atoms with E-state index in [1.807, 2.05) is 12.1 Å². The summed E-state index contributed by atoms with van der Waals surface area (Å²) in [6.45, 7) is 0.938. The van der Waals surface area contributed by atoms with Crippen LogP contribution in [0.5, 0.6) is 0 Å². The molecule has 4 aromatic rings. The zero-order valence-corrected chi connectivity index (χ0v) is 18.0. The summed E-state index contributed by atoms with van der Waals surface area (Å²) in [6, 6.07) is 9.17. The number of carbonyl (C=O) groups excluding carboxylic acids is 2. The van der Waals surface area contributed by atoms with E-state index >= 15 is 0 Å². The molecule has 174 valence electrons. The van der Waals surface area contributed by atoms with E-state index in [1.54, 1.807) is 49.1 Å². The number of aromatic amines is 2. The third kappa shape index (κ3) is 6.56. The smallest absolute Gasteiger partial charge is 0.389 e. The van der Waals surface area contributed by atoms with Crippen molar-refractivity contribution in [2.75, 3.05) is 11.9 Å². The number of nitrogens with one attached hydrogen (secondary N) is 4. The Morgan fingerprint density at radius 3 is 2.56 bits per heavy atom. The number of aliphatic carboxylic acids is 2. The standard InChI is InChI=1S/C20H17N7O3.C2H4O2/c28-18(27-16(19(29)30)11-24-20-22-6-1-7-23-20)13-2-3-14-15(10-13)26-17(25-14)12-4-8-21-9-5-12;1-2(3)4/h1-10,16H,11H2,(H,25,26)(H,27,28)(H,29,30)(H,22,23,24);1H3,(H,3,4)/t16-;/m0./s1. The van der Waals surface area contributed by atoms with Crippen molar-refractivity contribution in [3.63, 3.8) is 0 Å². The van der Waals surface area contributed by atoms with E-state index in [4.69, 9.17) is 9.90 Å². The lowest BCUT2D eigenvalue weighted by Gasteiger charge is -2.13. The molecule has 0 radical (unpaired) electrons. The number of rotatable bonds is 7. The number of hydrogen-bond acceptors (Lipinski definition) is 8. The third-order valence-electron chi connectivity index (χ3n) is 4.38. The summed E-state index contributed by atoms with van der Waals surface area (Å²) < 4.78 is 0. The van der Waals surface area contributed by atoms with Crippen LogP contribution < -0.4 is 20.7 Å². The van der Waals surface area contributed by atoms with Crippen LogP contribution in [0, 0.1) is 0 Å². The molecule has 0 bridgehead atoms. The molecule has 1 aromatic carbocycles. The number of benzene rings is 1. The van der Waals surface area contributed by atoms with Crippen molar-refractivity contribution in [2.24, 2.45) is 0 Å². The second-order valence-corrected chi connectivity index (χ2v) is 6.92. The maximum atomic E-state index is 12.6. The maximum absolute atomic E-state index is 12.6. The van der Waals surface area contributed by atoms with Gasteiger partial charge in [-0.2, -0.15) is 0 Å². The molecule has 1 amide bonds. The van der Waals surface area contributed by atoms with Crippen LogP contribution in [0.2, 0.25) is 0 Å². The first kappa shape index (κ1) is 23.8. The molecule has 0 aliphatic heterocycles. The Labute approximate surface area is 193 Å². The van der Waals surface area contributed by atoms with Crippen molar-refractivity contribution in [3.05, 3.63) is 66.7 Å². The van der Waals surface area contributed by atoms with Gasteiger partial charge in [0, 0.05) is 35.6 Å². The molecule has 4 rings (SSSR count). The van der Waals surface area contributed by atoms with Crippen molar-refractivity contribution < 1.29 is 29.6 Å². The molecule has 0 aliphatic rings. The molecule has 0 fully saturated rings. The number of hydrogen-bond donors (Lipinski definition) is 4. The molecule has 3 aromatic heterocycles. The van der Waals surface area contributed by atoms with Crippen LogP contribution in [0.25, 0.3) is 22.4 Å². The van der Waals surface area contributed by atoms with Gasteiger partial charge in [0.15, 0.2) is 6.04 Å². The lowest BCUT2D eigenvalue weighted by molar-refractivity contribution is -0.365. The number of fused-ring (bicyclic) bond motifs is 1. The van der Waals surface area contributed by atoms with Crippen LogP contribution >= 0.6 is 0 Å². The summed E-state index contributed by atoms with van der Waals surface area (Å²) in [5.74, 6) is -1.68. The topological polar surface area (TPSA) is 187 Å². The average molecular weight is 463 g/mol. The van der Waals surface area contributed by atoms with Crippen molar-refractivity contribution in [2.45, 2.75) is 13.0 Å². The minimum Gasteiger partial charge on any atom is -0.550 e. The fourth-order valence-electron chi connectivity index (χ4n) is 2.86. The number of H-pyrrole nitrogens is 2. The second kappa shape index (κ2) is 11.1. The molecular weight excluding hydrogens is 442 g/mol. The van der Waals surface area contributed by atoms with Crippen LogP contribution in [0.15, 0.2) is 61.2 Å². The first-order valence-corrected chi connectivity index (χ1v) is 10.0. The van der Waals surface area contributed by atoms with E-state index in [0.29, 0.717) is 28.4 Å². The molecule has 5 N–H and O–H groups in total. The van der Waals surface area contributed by atoms with Gasteiger partial charge >= 0.3 is 11.9 Å². The summed E-state index contributed by atoms with van der Waals surface area (Å²) >= 11 is 0. The first-order valence-electron chi connectivity index (χ1n) is 10.0. The number of anilines is 1. The molecule has 0 spiro atoms. The predicted octanol–water partition coefficient (Wildman–Crippen LogP) is -0.115. The second-order valence-electron chi connectivity index (χ2n) is 6.92. The van der Waals surface area contributed by atoms with Gasteiger partial charge < -0.3 is 25.3 Å². The normalized spacial score (nSPS) is 11.1. The highest BCUT2D eigenvalue weighted by atomic mass is 16.4. The van der Waals surface area contributed by atoms with Gasteiger partial charge in [-0.05, 0) is 37.3 Å². The molecule has 0 saturated heterocycles. The van der Waals surface area contributed by atoms with E-state index in [1.165, 1.54) is 0 Å². The third-order valence-corrected chi connectivity index (χ3v) is 4.38. The number of pyridine rings is 1. The van der Waals surface area contributed by atoms with Crippen molar-refractivity contribution >= 4 is 34.8 Å². The van der Waals surface area contributed by atoms with Gasteiger partial charge in [0.05, 0.1) is 23.8 Å². The van der Waals surface area contributed by atoms with Gasteiger partial charge in [0.25, 0.3) is 5.91 Å². The van der Waals surface area contributed by atoms with Crippen molar-refractivity contribution in [3.8, 4) is 11.4 Å². The lowest BCUT2D eigenvalue weighted by atomic mass is 10.1. The zero-order chi connectivity index (χ0) is 24.5. The van der Waals surface area contributed by atoms with E-state index < -0.39 is 23.9 Å². The molecule has 3 heterocycles. The van der Waals surface area contributed by atoms with Crippen molar-refractivity contribution in [1.29, 1.82) is 0 Å². The number of amides is 1. The van der Waals surface area contributed by atoms with Gasteiger partial charge in [-0.25, -0.2) is 14.8 Å². The van der Waals surface area contributed by atoms with E-state index in [9.17, 15) is 14.7 Å². The van der Waals surface area contributed by atoms with Crippen LogP contribution in [0.1, 0.15) is 17.3 Å². The Kier molecular flexibility index (Phi) is 7.79. The Morgan fingerprint density at radius 1 is 1.18 bits per heavy atom. The Bertz CT molecular complexity index is 1270. The lowest BCUT2D eigenvalue weighted by Crippen LogP contribution is -2.45. The van der Waals surface area contributed by atoms with Gasteiger partial charge in [-0.1, -0.05) is 4.98 Å². The minimum absolute atomic E-state index is 0.0346. The fourth-order valence-corrected chi connectivity index (χ4v) is 2.86. The summed E-state index contributed by atoms with van der Waals surface area (Å²) in [5.41, 5.74) is 2.56. The summed E-state index contributed by atoms with van der Waals surface area (Å²) in [6.07, 6.45) is 6.56. The van der Waals surface area contributed by atoms with Gasteiger partial charge in [0.1, 0.15) is 12.0 Å². The molecule has 0 aliphatic carbocycles. The Morgan fingerprint density at radius 2 is 1.91 bits per heavy atom. The summed E-state index contributed by atoms with van der Waals surface area (Å²) in [5, 5.41) is 23.7. The highest BCUT2D eigenvalue weighted by Gasteiger charge is 2.23. The number of carboxylic acid groups (broad SMARTS) is 2. The number of nitrogens with zero attached hydrogens (tertiary/aromatic N) is 3. The number of carbonyl (C=O) groups is 3. The number of aromatic nitrogens is 5. The molecule has 0 unspecified atom stereocenters. The maximum Gasteiger partial charge on any atom is 0.389 e. The molecule has 1 atom stereocenters. The molecule has 0 saturated carbocycles. The average Bonchev–Trinajstić information content (AvgIpc) is 3.26. The van der Waals surface area contributed by atoms with Crippen LogP contribution in [0.3, 0.4) is 0 Å². The van der Waals surface area contributed by atoms with E-state index in [-0.39, 0.29) is 6.54 Å². The first-order chi connectivity index (χ1) is 16.3. The van der Waals surface area contributed by atoms with Crippen LogP contribution in [-0.2, 0) is 9.59 Å². The predicted molar refractivity (Wildman–Crippen MR) is 118 cm³/mol. The number of carboxylic acids is 2. The van der Waals surface area contributed by atoms with Crippen LogP contribution in [-0.4, -0.2) is 55.5 Å². The van der Waals surface area contributed by atoms with Gasteiger partial charge in [0.2, 0.25) is 0 Å². The minimum atomic E-state index is -1.16. The van der Waals surface area contributed by atoms with E-state index in [0.717, 1.165) is 12.5 Å². The van der Waals surface area contributed by atoms with Gasteiger partial charge in [-0.15, -0.1) is 0 Å². The molecular formula is C22H21N7O5. The summed E-state index contributed by atoms with van der Waals surface area (Å²) in [4.78, 5) is 51.6. The zero-order valence-electron chi connectivity index (χ0n) is 18.0. The van der Waals surface area contributed by atoms with Crippen LogP contribution in [0.4, 0.5) is 5.95 Å². The SMILES string of the molecule is CC(=O)[O-].O=C(N[C@@H](CNc1nccc[nH+]1)C(=O)O)c1ccc2nc(-c3ccncc3)[nH]c2c1. The molecule has 34 heavy (non-hydrogen) atoms. The van der Waals surface area contributed by atoms with Crippen molar-refractivity contribution in [1.82, 2.24) is 25.3 Å².